The van der Waals surface area contributed by atoms with Crippen LogP contribution in [0.1, 0.15) is 24.1 Å². The van der Waals surface area contributed by atoms with E-state index in [1.807, 2.05) is 13.0 Å². The lowest BCUT2D eigenvalue weighted by atomic mass is 10.2. The van der Waals surface area contributed by atoms with Crippen LogP contribution in [0.5, 0.6) is 11.8 Å². The summed E-state index contributed by atoms with van der Waals surface area (Å²) in [5.74, 6) is 0.656. The molecule has 0 amide bonds. The van der Waals surface area contributed by atoms with Gasteiger partial charge in [-0.3, -0.25) is 0 Å². The molecule has 1 saturated carbocycles. The predicted molar refractivity (Wildman–Crippen MR) is 72.1 cm³/mol. The monoisotopic (exact) mass is 276 g/mol. The van der Waals surface area contributed by atoms with Crippen molar-refractivity contribution in [3.63, 3.8) is 0 Å². The van der Waals surface area contributed by atoms with Crippen molar-refractivity contribution in [3.8, 4) is 11.8 Å². The van der Waals surface area contributed by atoms with Gasteiger partial charge in [0.2, 0.25) is 11.8 Å². The highest BCUT2D eigenvalue weighted by Crippen LogP contribution is 2.25. The fraction of sp³-hybridized carbons (Fsp3) is 0.429. The highest BCUT2D eigenvalue weighted by molar-refractivity contribution is 5.30. The number of halogens is 1. The summed E-state index contributed by atoms with van der Waals surface area (Å²) in [5, 5.41) is 7.55. The maximum atomic E-state index is 13.3. The van der Waals surface area contributed by atoms with E-state index >= 15 is 0 Å². The van der Waals surface area contributed by atoms with Gasteiger partial charge < -0.3 is 10.1 Å². The van der Waals surface area contributed by atoms with Crippen molar-refractivity contribution in [2.24, 2.45) is 7.05 Å². The van der Waals surface area contributed by atoms with Gasteiger partial charge in [-0.25, -0.2) is 14.1 Å². The first-order valence-corrected chi connectivity index (χ1v) is 6.68. The topological polar surface area (TPSA) is 52.0 Å². The zero-order chi connectivity index (χ0) is 14.1. The minimum absolute atomic E-state index is 0.355. The predicted octanol–water partition coefficient (Wildman–Crippen LogP) is 2.31. The van der Waals surface area contributed by atoms with E-state index in [2.05, 4.69) is 15.4 Å². The molecule has 0 aromatic carbocycles. The third-order valence-electron chi connectivity index (χ3n) is 3.21. The van der Waals surface area contributed by atoms with Crippen molar-refractivity contribution < 1.29 is 9.13 Å². The highest BCUT2D eigenvalue weighted by Gasteiger charge is 2.21. The van der Waals surface area contributed by atoms with E-state index in [1.54, 1.807) is 11.7 Å². The molecule has 1 aliphatic rings. The number of aromatic nitrogens is 3. The maximum Gasteiger partial charge on any atom is 0.225 e. The minimum Gasteiger partial charge on any atom is -0.421 e. The van der Waals surface area contributed by atoms with Crippen LogP contribution in [0.25, 0.3) is 0 Å². The summed E-state index contributed by atoms with van der Waals surface area (Å²) in [6, 6.07) is 3.83. The van der Waals surface area contributed by atoms with Crippen LogP contribution in [0.2, 0.25) is 0 Å². The Morgan fingerprint density at radius 1 is 1.45 bits per heavy atom. The van der Waals surface area contributed by atoms with Crippen LogP contribution in [0.3, 0.4) is 0 Å². The molecular formula is C14H17FN4O. The first-order valence-electron chi connectivity index (χ1n) is 6.68. The highest BCUT2D eigenvalue weighted by atomic mass is 19.1. The van der Waals surface area contributed by atoms with E-state index in [-0.39, 0.29) is 5.82 Å². The molecule has 0 saturated heterocycles. The van der Waals surface area contributed by atoms with Gasteiger partial charge >= 0.3 is 0 Å². The lowest BCUT2D eigenvalue weighted by molar-refractivity contribution is 0.406. The number of nitrogens with zero attached hydrogens (tertiary/aromatic N) is 3. The Labute approximate surface area is 116 Å². The van der Waals surface area contributed by atoms with Gasteiger partial charge in [0, 0.05) is 31.3 Å². The smallest absolute Gasteiger partial charge is 0.225 e. The zero-order valence-corrected chi connectivity index (χ0v) is 11.6. The lowest BCUT2D eigenvalue weighted by Gasteiger charge is -2.10. The SMILES string of the molecule is Cc1cc(Oc2ncc(F)cc2CNC2CC2)n(C)n1. The second-order valence-corrected chi connectivity index (χ2v) is 5.12. The van der Waals surface area contributed by atoms with Crippen LogP contribution in [-0.4, -0.2) is 20.8 Å². The van der Waals surface area contributed by atoms with Gasteiger partial charge in [0.05, 0.1) is 11.9 Å². The Bertz CT molecular complexity index is 622. The van der Waals surface area contributed by atoms with Crippen LogP contribution in [0.4, 0.5) is 4.39 Å². The molecule has 1 N–H and O–H groups in total. The van der Waals surface area contributed by atoms with E-state index < -0.39 is 0 Å². The molecule has 1 aliphatic carbocycles. The van der Waals surface area contributed by atoms with E-state index in [0.29, 0.717) is 24.3 Å². The fourth-order valence-electron chi connectivity index (χ4n) is 2.01. The summed E-state index contributed by atoms with van der Waals surface area (Å²) in [4.78, 5) is 4.04. The molecule has 106 valence electrons. The molecule has 2 aromatic rings. The van der Waals surface area contributed by atoms with Crippen molar-refractivity contribution in [2.45, 2.75) is 32.4 Å². The van der Waals surface area contributed by atoms with Crippen LogP contribution in [-0.2, 0) is 13.6 Å². The van der Waals surface area contributed by atoms with Crippen LogP contribution in [0, 0.1) is 12.7 Å². The average Bonchev–Trinajstić information content (AvgIpc) is 3.16. The summed E-state index contributed by atoms with van der Waals surface area (Å²) in [7, 11) is 1.80. The molecule has 0 aliphatic heterocycles. The molecule has 20 heavy (non-hydrogen) atoms. The number of hydrogen-bond donors (Lipinski definition) is 1. The molecule has 0 radical (unpaired) electrons. The van der Waals surface area contributed by atoms with E-state index in [4.69, 9.17) is 4.74 Å². The molecule has 3 rings (SSSR count). The van der Waals surface area contributed by atoms with Gasteiger partial charge in [0.1, 0.15) is 5.82 Å². The summed E-state index contributed by atoms with van der Waals surface area (Å²) >= 11 is 0. The molecule has 0 spiro atoms. The maximum absolute atomic E-state index is 13.3. The van der Waals surface area contributed by atoms with Gasteiger partial charge in [-0.15, -0.1) is 0 Å². The Balaban J connectivity index is 1.81. The van der Waals surface area contributed by atoms with E-state index in [9.17, 15) is 4.39 Å². The Morgan fingerprint density at radius 2 is 2.25 bits per heavy atom. The molecule has 0 unspecified atom stereocenters. The molecule has 6 heteroatoms. The van der Waals surface area contributed by atoms with Crippen molar-refractivity contribution >= 4 is 0 Å². The average molecular weight is 276 g/mol. The van der Waals surface area contributed by atoms with E-state index in [0.717, 1.165) is 11.3 Å². The number of nitrogens with one attached hydrogen (secondary N) is 1. The summed E-state index contributed by atoms with van der Waals surface area (Å²) in [5.41, 5.74) is 1.58. The lowest BCUT2D eigenvalue weighted by Crippen LogP contribution is -2.16. The summed E-state index contributed by atoms with van der Waals surface area (Å²) in [6.07, 6.45) is 3.53. The van der Waals surface area contributed by atoms with Gasteiger partial charge in [0.15, 0.2) is 0 Å². The summed E-state index contributed by atoms with van der Waals surface area (Å²) < 4.78 is 20.7. The standard InChI is InChI=1S/C14H17FN4O/c1-9-5-13(19(2)18-9)20-14-10(6-11(15)8-17-14)7-16-12-3-4-12/h5-6,8,12,16H,3-4,7H2,1-2H3. The second-order valence-electron chi connectivity index (χ2n) is 5.12. The Morgan fingerprint density at radius 3 is 2.90 bits per heavy atom. The molecule has 0 atom stereocenters. The normalized spacial score (nSPS) is 14.6. The van der Waals surface area contributed by atoms with Crippen LogP contribution >= 0.6 is 0 Å². The van der Waals surface area contributed by atoms with Crippen LogP contribution < -0.4 is 10.1 Å². The largest absolute Gasteiger partial charge is 0.421 e. The minimum atomic E-state index is -0.355. The van der Waals surface area contributed by atoms with E-state index in [1.165, 1.54) is 25.1 Å². The molecule has 1 fully saturated rings. The quantitative estimate of drug-likeness (QED) is 0.910. The number of pyridine rings is 1. The van der Waals surface area contributed by atoms with Crippen molar-refractivity contribution in [1.82, 2.24) is 20.1 Å². The third-order valence-corrected chi connectivity index (χ3v) is 3.21. The van der Waals surface area contributed by atoms with Crippen molar-refractivity contribution in [3.05, 3.63) is 35.4 Å². The van der Waals surface area contributed by atoms with Gasteiger partial charge in [0.25, 0.3) is 0 Å². The molecular weight excluding hydrogens is 259 g/mol. The first kappa shape index (κ1) is 13.1. The Kier molecular flexibility index (Phi) is 3.40. The number of hydrogen-bond acceptors (Lipinski definition) is 4. The van der Waals surface area contributed by atoms with Crippen molar-refractivity contribution in [2.75, 3.05) is 0 Å². The molecule has 0 bridgehead atoms. The second kappa shape index (κ2) is 5.20. The van der Waals surface area contributed by atoms with Crippen LogP contribution in [0.15, 0.2) is 18.3 Å². The Hall–Kier alpha value is -1.95. The van der Waals surface area contributed by atoms with Crippen molar-refractivity contribution in [1.29, 1.82) is 0 Å². The van der Waals surface area contributed by atoms with Gasteiger partial charge in [-0.2, -0.15) is 5.10 Å². The molecule has 2 aromatic heterocycles. The first-order chi connectivity index (χ1) is 9.61. The zero-order valence-electron chi connectivity index (χ0n) is 11.6. The molecule has 5 nitrogen and oxygen atoms in total. The number of rotatable bonds is 5. The van der Waals surface area contributed by atoms with Gasteiger partial charge in [-0.05, 0) is 25.8 Å². The molecule has 2 heterocycles. The number of ether oxygens (including phenoxy) is 1. The number of aryl methyl sites for hydroxylation is 2. The fourth-order valence-corrected chi connectivity index (χ4v) is 2.01. The van der Waals surface area contributed by atoms with Gasteiger partial charge in [-0.1, -0.05) is 0 Å². The summed E-state index contributed by atoms with van der Waals surface area (Å²) in [6.45, 7) is 2.45. The third kappa shape index (κ3) is 2.96.